The average Bonchev–Trinajstić information content (AvgIpc) is 2.84. The lowest BCUT2D eigenvalue weighted by molar-refractivity contribution is -0.134. The number of nitriles is 1. The summed E-state index contributed by atoms with van der Waals surface area (Å²) in [7, 11) is 0. The van der Waals surface area contributed by atoms with Gasteiger partial charge in [0.2, 0.25) is 5.91 Å². The third kappa shape index (κ3) is 4.96. The first-order valence-electron chi connectivity index (χ1n) is 6.17. The monoisotopic (exact) mass is 260 g/mol. The van der Waals surface area contributed by atoms with Gasteiger partial charge in [0, 0.05) is 6.04 Å². The summed E-state index contributed by atoms with van der Waals surface area (Å²) in [4.78, 5) is 13.4. The van der Waals surface area contributed by atoms with E-state index in [0.29, 0.717) is 0 Å². The van der Waals surface area contributed by atoms with Crippen molar-refractivity contribution in [2.75, 3.05) is 19.8 Å². The van der Waals surface area contributed by atoms with Gasteiger partial charge in [-0.2, -0.15) is 5.26 Å². The third-order valence-electron chi connectivity index (χ3n) is 3.03. The smallest absolute Gasteiger partial charge is 0.261 e. The van der Waals surface area contributed by atoms with Crippen molar-refractivity contribution in [1.29, 1.82) is 5.26 Å². The number of carbonyl (C=O) groups is 1. The minimum absolute atomic E-state index is 0.0160. The number of amides is 1. The van der Waals surface area contributed by atoms with Crippen LogP contribution in [0.1, 0.15) is 32.1 Å². The summed E-state index contributed by atoms with van der Waals surface area (Å²) in [5, 5.41) is 8.72. The first-order chi connectivity index (χ1) is 8.65. The van der Waals surface area contributed by atoms with E-state index in [4.69, 9.17) is 5.26 Å². The molecule has 1 fully saturated rings. The Labute approximate surface area is 106 Å². The number of rotatable bonds is 7. The van der Waals surface area contributed by atoms with Crippen LogP contribution < -0.4 is 0 Å². The number of halogens is 2. The molecule has 1 aliphatic carbocycles. The highest BCUT2D eigenvalue weighted by atomic mass is 19.3. The van der Waals surface area contributed by atoms with E-state index in [0.717, 1.165) is 25.7 Å². The van der Waals surface area contributed by atoms with E-state index < -0.39 is 13.0 Å². The zero-order valence-electron chi connectivity index (χ0n) is 10.3. The maximum absolute atomic E-state index is 11.9. The van der Waals surface area contributed by atoms with Crippen molar-refractivity contribution in [3.8, 4) is 6.07 Å². The Balaban J connectivity index is 2.33. The second-order valence-corrected chi connectivity index (χ2v) is 4.33. The summed E-state index contributed by atoms with van der Waals surface area (Å²) in [6, 6.07) is 2.11. The molecular weight excluding hydrogens is 242 g/mol. The Morgan fingerprint density at radius 3 is 2.67 bits per heavy atom. The van der Waals surface area contributed by atoms with Crippen LogP contribution in [0.2, 0.25) is 0 Å². The molecule has 0 aromatic heterocycles. The fourth-order valence-corrected chi connectivity index (χ4v) is 2.19. The molecule has 0 N–H and O–H groups in total. The molecule has 4 nitrogen and oxygen atoms in total. The molecule has 102 valence electrons. The molecule has 0 radical (unpaired) electrons. The molecule has 1 saturated carbocycles. The maximum Gasteiger partial charge on any atom is 0.261 e. The number of hydrogen-bond donors (Lipinski definition) is 0. The highest BCUT2D eigenvalue weighted by Crippen LogP contribution is 2.23. The highest BCUT2D eigenvalue weighted by molar-refractivity contribution is 5.76. The lowest BCUT2D eigenvalue weighted by Gasteiger charge is -2.26. The minimum Gasteiger partial charge on any atom is -0.375 e. The largest absolute Gasteiger partial charge is 0.375 e. The number of nitrogens with zero attached hydrogens (tertiary/aromatic N) is 2. The quantitative estimate of drug-likeness (QED) is 0.519. The predicted octanol–water partition coefficient (Wildman–Crippen LogP) is 1.95. The Morgan fingerprint density at radius 1 is 1.44 bits per heavy atom. The molecule has 1 rings (SSSR count). The van der Waals surface area contributed by atoms with E-state index in [2.05, 4.69) is 4.74 Å². The van der Waals surface area contributed by atoms with E-state index in [1.807, 2.05) is 6.07 Å². The van der Waals surface area contributed by atoms with Gasteiger partial charge in [-0.1, -0.05) is 12.8 Å². The van der Waals surface area contributed by atoms with Crippen molar-refractivity contribution in [3.63, 3.8) is 0 Å². The van der Waals surface area contributed by atoms with Crippen molar-refractivity contribution in [3.05, 3.63) is 0 Å². The van der Waals surface area contributed by atoms with Gasteiger partial charge in [0.15, 0.2) is 0 Å². The molecule has 1 aliphatic rings. The molecule has 1 amide bonds. The van der Waals surface area contributed by atoms with Crippen LogP contribution in [0.5, 0.6) is 0 Å². The van der Waals surface area contributed by atoms with Gasteiger partial charge in [-0.25, -0.2) is 8.78 Å². The summed E-state index contributed by atoms with van der Waals surface area (Å²) in [5.41, 5.74) is 0. The average molecular weight is 260 g/mol. The minimum atomic E-state index is -2.51. The van der Waals surface area contributed by atoms with Gasteiger partial charge in [-0.05, 0) is 12.8 Å². The second-order valence-electron chi connectivity index (χ2n) is 4.33. The lowest BCUT2D eigenvalue weighted by Crippen LogP contribution is -2.39. The fourth-order valence-electron chi connectivity index (χ4n) is 2.19. The molecule has 0 spiro atoms. The Bertz CT molecular complexity index is 299. The first kappa shape index (κ1) is 14.8. The highest BCUT2D eigenvalue weighted by Gasteiger charge is 2.25. The standard InChI is InChI=1S/C12H18F2N2O2/c13-11(14)9-18-8-5-12(17)16(7-6-15)10-3-1-2-4-10/h10-11H,1-5,7-9H2. The number of alkyl halides is 2. The van der Waals surface area contributed by atoms with Crippen molar-refractivity contribution >= 4 is 5.91 Å². The summed E-state index contributed by atoms with van der Waals surface area (Å²) >= 11 is 0. The number of carbonyl (C=O) groups excluding carboxylic acids is 1. The summed E-state index contributed by atoms with van der Waals surface area (Å²) < 4.78 is 28.3. The van der Waals surface area contributed by atoms with E-state index in [-0.39, 0.29) is 31.5 Å². The first-order valence-corrected chi connectivity index (χ1v) is 6.17. The summed E-state index contributed by atoms with van der Waals surface area (Å²) in [5.74, 6) is -0.183. The lowest BCUT2D eigenvalue weighted by atomic mass is 10.2. The van der Waals surface area contributed by atoms with Crippen molar-refractivity contribution in [2.45, 2.75) is 44.6 Å². The topological polar surface area (TPSA) is 53.3 Å². The number of ether oxygens (including phenoxy) is 1. The van der Waals surface area contributed by atoms with Gasteiger partial charge in [-0.3, -0.25) is 4.79 Å². The van der Waals surface area contributed by atoms with Crippen molar-refractivity contribution < 1.29 is 18.3 Å². The number of hydrogen-bond acceptors (Lipinski definition) is 3. The van der Waals surface area contributed by atoms with Crippen LogP contribution in [0.3, 0.4) is 0 Å². The predicted molar refractivity (Wildman–Crippen MR) is 61.0 cm³/mol. The second kappa shape index (κ2) is 7.98. The van der Waals surface area contributed by atoms with E-state index in [1.54, 1.807) is 4.90 Å². The Kier molecular flexibility index (Phi) is 6.58. The van der Waals surface area contributed by atoms with Crippen LogP contribution in [0.15, 0.2) is 0 Å². The molecular formula is C12H18F2N2O2. The van der Waals surface area contributed by atoms with Gasteiger partial charge in [-0.15, -0.1) is 0 Å². The van der Waals surface area contributed by atoms with Crippen LogP contribution in [0.25, 0.3) is 0 Å². The van der Waals surface area contributed by atoms with E-state index >= 15 is 0 Å². The zero-order valence-corrected chi connectivity index (χ0v) is 10.3. The SMILES string of the molecule is N#CCN(C(=O)CCOCC(F)F)C1CCCC1. The van der Waals surface area contributed by atoms with Gasteiger partial charge in [0.25, 0.3) is 6.43 Å². The van der Waals surface area contributed by atoms with Crippen LogP contribution in [-0.2, 0) is 9.53 Å². The molecule has 0 saturated heterocycles. The van der Waals surface area contributed by atoms with Crippen LogP contribution in [0.4, 0.5) is 8.78 Å². The van der Waals surface area contributed by atoms with E-state index in [1.165, 1.54) is 0 Å². The molecule has 0 heterocycles. The maximum atomic E-state index is 11.9. The van der Waals surface area contributed by atoms with Crippen molar-refractivity contribution in [2.24, 2.45) is 0 Å². The molecule has 6 heteroatoms. The van der Waals surface area contributed by atoms with Gasteiger partial charge in [0.1, 0.15) is 13.2 Å². The van der Waals surface area contributed by atoms with Crippen molar-refractivity contribution in [1.82, 2.24) is 4.90 Å². The van der Waals surface area contributed by atoms with Crippen LogP contribution >= 0.6 is 0 Å². The molecule has 0 bridgehead atoms. The molecule has 0 aliphatic heterocycles. The molecule has 0 aromatic rings. The molecule has 0 unspecified atom stereocenters. The van der Waals surface area contributed by atoms with Gasteiger partial charge >= 0.3 is 0 Å². The zero-order chi connectivity index (χ0) is 13.4. The molecule has 0 atom stereocenters. The Morgan fingerprint density at radius 2 is 2.11 bits per heavy atom. The molecule has 0 aromatic carbocycles. The Hall–Kier alpha value is -1.22. The van der Waals surface area contributed by atoms with Crippen LogP contribution in [-0.4, -0.2) is 43.0 Å². The normalized spacial score (nSPS) is 15.9. The third-order valence-corrected chi connectivity index (χ3v) is 3.03. The summed E-state index contributed by atoms with van der Waals surface area (Å²) in [6.07, 6.45) is 1.54. The van der Waals surface area contributed by atoms with Gasteiger partial charge in [0.05, 0.1) is 19.1 Å². The van der Waals surface area contributed by atoms with Gasteiger partial charge < -0.3 is 9.64 Å². The fraction of sp³-hybridized carbons (Fsp3) is 0.833. The van der Waals surface area contributed by atoms with E-state index in [9.17, 15) is 13.6 Å². The van der Waals surface area contributed by atoms with Crippen LogP contribution in [0, 0.1) is 11.3 Å². The summed E-state index contributed by atoms with van der Waals surface area (Å²) in [6.45, 7) is -0.592. The molecule has 18 heavy (non-hydrogen) atoms.